The summed E-state index contributed by atoms with van der Waals surface area (Å²) in [4.78, 5) is 60.3. The molecule has 0 spiro atoms. The van der Waals surface area contributed by atoms with Gasteiger partial charge in [0, 0.05) is 25.7 Å². The maximum atomic E-state index is 12.7. The second-order valence-electron chi connectivity index (χ2n) is 7.86. The highest BCUT2D eigenvalue weighted by molar-refractivity contribution is 5.96. The Kier molecular flexibility index (Phi) is 12.2. The van der Waals surface area contributed by atoms with E-state index in [0.717, 1.165) is 6.42 Å². The molecule has 33 heavy (non-hydrogen) atoms. The molecular formula is C23H34N4O6. The number of anilines is 1. The summed E-state index contributed by atoms with van der Waals surface area (Å²) in [5, 5.41) is 7.82. The van der Waals surface area contributed by atoms with Crippen LogP contribution in [0.3, 0.4) is 0 Å². The number of allylic oxidation sites excluding steroid dienone is 1. The number of carbonyl (C=O) groups excluding carboxylic acids is 4. The molecule has 1 unspecified atom stereocenters. The lowest BCUT2D eigenvalue weighted by Gasteiger charge is -2.17. The lowest BCUT2D eigenvalue weighted by atomic mass is 10.1. The van der Waals surface area contributed by atoms with Gasteiger partial charge in [-0.05, 0) is 44.2 Å². The fourth-order valence-electron chi connectivity index (χ4n) is 2.83. The van der Waals surface area contributed by atoms with E-state index in [1.54, 1.807) is 19.1 Å². The van der Waals surface area contributed by atoms with Crippen molar-refractivity contribution in [2.75, 3.05) is 18.5 Å². The van der Waals surface area contributed by atoms with Crippen LogP contribution in [0, 0.1) is 5.92 Å². The van der Waals surface area contributed by atoms with Crippen LogP contribution in [0.2, 0.25) is 0 Å². The second-order valence-corrected chi connectivity index (χ2v) is 7.86. The Morgan fingerprint density at radius 1 is 1.18 bits per heavy atom. The van der Waals surface area contributed by atoms with Gasteiger partial charge in [0.1, 0.15) is 18.3 Å². The number of aromatic nitrogens is 1. The van der Waals surface area contributed by atoms with Crippen molar-refractivity contribution in [1.29, 1.82) is 0 Å². The molecule has 1 aromatic heterocycles. The van der Waals surface area contributed by atoms with Crippen molar-refractivity contribution in [3.8, 4) is 0 Å². The van der Waals surface area contributed by atoms with Gasteiger partial charge in [-0.25, -0.2) is 4.79 Å². The molecule has 182 valence electrons. The lowest BCUT2D eigenvalue weighted by Crippen LogP contribution is -2.43. The first-order valence-corrected chi connectivity index (χ1v) is 11.0. The highest BCUT2D eigenvalue weighted by Gasteiger charge is 2.20. The van der Waals surface area contributed by atoms with Gasteiger partial charge in [0.25, 0.3) is 5.56 Å². The SMILES string of the molecule is CCOC(=O)C=CCCC(NC(C)=O)C(=O)Nc1cccn(CC(=O)NCCC(C)C)c1=O. The molecular weight excluding hydrogens is 428 g/mol. The smallest absolute Gasteiger partial charge is 0.330 e. The van der Waals surface area contributed by atoms with Gasteiger partial charge in [0.2, 0.25) is 17.7 Å². The van der Waals surface area contributed by atoms with Crippen LogP contribution >= 0.6 is 0 Å². The molecule has 1 rings (SSSR count). The van der Waals surface area contributed by atoms with Crippen molar-refractivity contribution in [1.82, 2.24) is 15.2 Å². The monoisotopic (exact) mass is 462 g/mol. The van der Waals surface area contributed by atoms with Gasteiger partial charge in [-0.15, -0.1) is 0 Å². The van der Waals surface area contributed by atoms with Crippen molar-refractivity contribution < 1.29 is 23.9 Å². The Bertz CT molecular complexity index is 906. The normalized spacial score (nSPS) is 11.8. The van der Waals surface area contributed by atoms with Crippen LogP contribution < -0.4 is 21.5 Å². The van der Waals surface area contributed by atoms with Crippen LogP contribution in [0.4, 0.5) is 5.69 Å². The Labute approximate surface area is 193 Å². The van der Waals surface area contributed by atoms with E-state index in [1.807, 2.05) is 13.8 Å². The van der Waals surface area contributed by atoms with Crippen molar-refractivity contribution in [2.24, 2.45) is 5.92 Å². The molecule has 1 heterocycles. The maximum absolute atomic E-state index is 12.7. The van der Waals surface area contributed by atoms with Crippen LogP contribution in [-0.4, -0.2) is 47.5 Å². The highest BCUT2D eigenvalue weighted by atomic mass is 16.5. The molecule has 0 aliphatic rings. The molecule has 0 bridgehead atoms. The molecule has 0 aliphatic heterocycles. The van der Waals surface area contributed by atoms with Crippen LogP contribution in [0.15, 0.2) is 35.3 Å². The van der Waals surface area contributed by atoms with Gasteiger partial charge in [-0.1, -0.05) is 19.9 Å². The molecule has 10 nitrogen and oxygen atoms in total. The van der Waals surface area contributed by atoms with Crippen molar-refractivity contribution in [2.45, 2.75) is 59.5 Å². The van der Waals surface area contributed by atoms with Gasteiger partial charge in [-0.3, -0.25) is 19.2 Å². The molecule has 0 aromatic carbocycles. The molecule has 1 aromatic rings. The zero-order valence-corrected chi connectivity index (χ0v) is 19.7. The van der Waals surface area contributed by atoms with E-state index in [-0.39, 0.29) is 31.2 Å². The van der Waals surface area contributed by atoms with E-state index in [0.29, 0.717) is 18.9 Å². The molecule has 1 atom stereocenters. The summed E-state index contributed by atoms with van der Waals surface area (Å²) in [6, 6.07) is 2.06. The number of ether oxygens (including phenoxy) is 1. The zero-order valence-electron chi connectivity index (χ0n) is 19.7. The average molecular weight is 463 g/mol. The Morgan fingerprint density at radius 2 is 1.91 bits per heavy atom. The second kappa shape index (κ2) is 14.6. The quantitative estimate of drug-likeness (QED) is 0.299. The minimum Gasteiger partial charge on any atom is -0.463 e. The summed E-state index contributed by atoms with van der Waals surface area (Å²) in [6.07, 6.45) is 5.64. The Balaban J connectivity index is 2.79. The number of hydrogen-bond acceptors (Lipinski definition) is 6. The first-order valence-electron chi connectivity index (χ1n) is 11.0. The summed E-state index contributed by atoms with van der Waals surface area (Å²) < 4.78 is 5.99. The number of pyridine rings is 1. The Hall–Kier alpha value is -3.43. The number of carbonyl (C=O) groups is 4. The summed E-state index contributed by atoms with van der Waals surface area (Å²) >= 11 is 0. The maximum Gasteiger partial charge on any atom is 0.330 e. The summed E-state index contributed by atoms with van der Waals surface area (Å²) in [5.41, 5.74) is -0.538. The fraction of sp³-hybridized carbons (Fsp3) is 0.522. The lowest BCUT2D eigenvalue weighted by molar-refractivity contribution is -0.137. The summed E-state index contributed by atoms with van der Waals surface area (Å²) in [5.74, 6) is -1.33. The van der Waals surface area contributed by atoms with E-state index in [2.05, 4.69) is 16.0 Å². The van der Waals surface area contributed by atoms with Crippen LogP contribution in [0.1, 0.15) is 47.0 Å². The average Bonchev–Trinajstić information content (AvgIpc) is 2.72. The molecule has 0 radical (unpaired) electrons. The van der Waals surface area contributed by atoms with E-state index in [4.69, 9.17) is 4.74 Å². The number of esters is 1. The molecule has 3 amide bonds. The predicted molar refractivity (Wildman–Crippen MR) is 124 cm³/mol. The molecule has 0 saturated carbocycles. The number of rotatable bonds is 13. The standard InChI is InChI=1S/C23H34N4O6/c1-5-33-21(30)11-7-6-9-18(25-17(4)28)22(31)26-19-10-8-14-27(23(19)32)15-20(29)24-13-12-16(2)3/h7-8,10-11,14,16,18H,5-6,9,12-13,15H2,1-4H3,(H,24,29)(H,25,28)(H,26,31). The number of amides is 3. The van der Waals surface area contributed by atoms with Gasteiger partial charge >= 0.3 is 5.97 Å². The fourth-order valence-corrected chi connectivity index (χ4v) is 2.83. The van der Waals surface area contributed by atoms with E-state index in [9.17, 15) is 24.0 Å². The van der Waals surface area contributed by atoms with Gasteiger partial charge in [-0.2, -0.15) is 0 Å². The topological polar surface area (TPSA) is 136 Å². The van der Waals surface area contributed by atoms with Gasteiger partial charge < -0.3 is 25.3 Å². The van der Waals surface area contributed by atoms with Gasteiger partial charge in [0.05, 0.1) is 6.61 Å². The van der Waals surface area contributed by atoms with E-state index in [1.165, 1.54) is 29.8 Å². The molecule has 0 aliphatic carbocycles. The summed E-state index contributed by atoms with van der Waals surface area (Å²) in [6.45, 7) is 7.68. The van der Waals surface area contributed by atoms with Crippen molar-refractivity contribution in [3.63, 3.8) is 0 Å². The number of nitrogens with one attached hydrogen (secondary N) is 3. The third-order valence-electron chi connectivity index (χ3n) is 4.49. The number of hydrogen-bond donors (Lipinski definition) is 3. The summed E-state index contributed by atoms with van der Waals surface area (Å²) in [7, 11) is 0. The zero-order chi connectivity index (χ0) is 24.8. The van der Waals surface area contributed by atoms with Crippen molar-refractivity contribution in [3.05, 3.63) is 40.8 Å². The van der Waals surface area contributed by atoms with Gasteiger partial charge in [0.15, 0.2) is 0 Å². The number of nitrogens with zero attached hydrogens (tertiary/aromatic N) is 1. The van der Waals surface area contributed by atoms with Crippen molar-refractivity contribution >= 4 is 29.4 Å². The largest absolute Gasteiger partial charge is 0.463 e. The first-order chi connectivity index (χ1) is 15.6. The predicted octanol–water partition coefficient (Wildman–Crippen LogP) is 1.35. The molecule has 3 N–H and O–H groups in total. The van der Waals surface area contributed by atoms with E-state index >= 15 is 0 Å². The molecule has 10 heteroatoms. The Morgan fingerprint density at radius 3 is 2.55 bits per heavy atom. The van der Waals surface area contributed by atoms with E-state index < -0.39 is 29.4 Å². The molecule has 0 fully saturated rings. The van der Waals surface area contributed by atoms with Crippen LogP contribution in [0.25, 0.3) is 0 Å². The van der Waals surface area contributed by atoms with Crippen LogP contribution in [0.5, 0.6) is 0 Å². The highest BCUT2D eigenvalue weighted by Crippen LogP contribution is 2.05. The third kappa shape index (κ3) is 11.1. The third-order valence-corrected chi connectivity index (χ3v) is 4.49. The van der Waals surface area contributed by atoms with Crippen LogP contribution in [-0.2, 0) is 30.5 Å². The molecule has 0 saturated heterocycles. The first kappa shape index (κ1) is 27.6. The minimum absolute atomic E-state index is 0.00472. The minimum atomic E-state index is -0.915.